The second kappa shape index (κ2) is 25.9. The Morgan fingerprint density at radius 3 is 0.350 bits per heavy atom. The van der Waals surface area contributed by atoms with Crippen LogP contribution in [0.1, 0.15) is 0 Å². The van der Waals surface area contributed by atoms with Crippen LogP contribution in [0.15, 0.2) is 273 Å². The number of rotatable bonds is 9. The van der Waals surface area contributed by atoms with Crippen molar-refractivity contribution in [1.29, 1.82) is 0 Å². The minimum absolute atomic E-state index is 0. The first-order chi connectivity index (χ1) is 29.3. The molecule has 9 aromatic rings. The Balaban J connectivity index is 0.000000166. The molecule has 60 heavy (non-hydrogen) atoms. The van der Waals surface area contributed by atoms with E-state index in [-0.39, 0.29) is 19.5 Å². The van der Waals surface area contributed by atoms with Crippen molar-refractivity contribution >= 4 is 71.5 Å². The van der Waals surface area contributed by atoms with E-state index in [1.165, 1.54) is 47.7 Å². The molecular weight excluding hydrogens is 871 g/mol. The predicted molar refractivity (Wildman–Crippen MR) is 261 cm³/mol. The second-order valence-corrected chi connectivity index (χ2v) is 19.7. The topological polar surface area (TPSA) is 47.9 Å². The van der Waals surface area contributed by atoms with Crippen molar-refractivity contribution in [3.8, 4) is 0 Å². The Morgan fingerprint density at radius 2 is 0.267 bits per heavy atom. The van der Waals surface area contributed by atoms with Gasteiger partial charge in [0.15, 0.2) is 0 Å². The standard InChI is InChI=1S/3C18H15P.H2N2.Ru/c3*1-4-10-16(11-5-1)19(17-12-6-2-7-13-17)18-14-8-3-9-15-18;1-2;/h3*1-15H;1H2;. The van der Waals surface area contributed by atoms with Crippen LogP contribution in [-0.2, 0) is 19.5 Å². The molecule has 296 valence electrons. The van der Waals surface area contributed by atoms with Gasteiger partial charge in [-0.15, -0.1) is 0 Å². The first kappa shape index (κ1) is 45.6. The van der Waals surface area contributed by atoms with E-state index in [1.807, 2.05) is 0 Å². The largest absolute Gasteiger partial charge is 0.510 e. The number of nitrogens with zero attached hydrogens (tertiary/aromatic N) is 1. The average Bonchev–Trinajstić information content (AvgIpc) is 3.34. The van der Waals surface area contributed by atoms with Gasteiger partial charge in [-0.1, -0.05) is 273 Å². The number of nitrogens with two attached hydrogens (primary N) is 1. The molecule has 0 radical (unpaired) electrons. The molecule has 2 N–H and O–H groups in total. The van der Waals surface area contributed by atoms with Crippen molar-refractivity contribution in [2.75, 3.05) is 0 Å². The molecule has 0 aliphatic heterocycles. The zero-order valence-electron chi connectivity index (χ0n) is 33.2. The Labute approximate surface area is 372 Å². The fraction of sp³-hybridized carbons (Fsp3) is 0. The van der Waals surface area contributed by atoms with Crippen molar-refractivity contribution in [3.05, 3.63) is 279 Å². The van der Waals surface area contributed by atoms with Crippen LogP contribution in [-0.4, -0.2) is 0 Å². The van der Waals surface area contributed by atoms with E-state index in [0.29, 0.717) is 0 Å². The van der Waals surface area contributed by atoms with E-state index in [1.54, 1.807) is 0 Å². The summed E-state index contributed by atoms with van der Waals surface area (Å²) in [7, 11) is -1.34. The van der Waals surface area contributed by atoms with E-state index < -0.39 is 23.8 Å². The molecule has 0 saturated heterocycles. The summed E-state index contributed by atoms with van der Waals surface area (Å²) in [6, 6.07) is 97.0. The molecule has 0 heterocycles. The normalized spacial score (nSPS) is 10.1. The summed E-state index contributed by atoms with van der Waals surface area (Å²) in [4.78, 5) is 0. The van der Waals surface area contributed by atoms with E-state index in [4.69, 9.17) is 5.53 Å². The molecule has 6 heteroatoms. The molecule has 0 unspecified atom stereocenters. The smallest absolute Gasteiger partial charge is 0 e. The number of hydrogen-bond acceptors (Lipinski definition) is 0. The number of benzene rings is 9. The molecule has 0 aliphatic carbocycles. The number of hydrogen-bond donors (Lipinski definition) is 1. The van der Waals surface area contributed by atoms with Crippen molar-refractivity contribution in [3.63, 3.8) is 0 Å². The van der Waals surface area contributed by atoms with Crippen LogP contribution >= 0.6 is 23.8 Å². The van der Waals surface area contributed by atoms with Gasteiger partial charge in [0, 0.05) is 19.5 Å². The van der Waals surface area contributed by atoms with E-state index in [0.717, 1.165) is 0 Å². The summed E-state index contributed by atoms with van der Waals surface area (Å²) < 4.78 is 0. The van der Waals surface area contributed by atoms with Gasteiger partial charge in [-0.05, 0) is 71.5 Å². The Kier molecular flexibility index (Phi) is 19.6. The van der Waals surface area contributed by atoms with Crippen molar-refractivity contribution in [2.24, 2.45) is 0 Å². The first-order valence-electron chi connectivity index (χ1n) is 19.5. The molecular formula is C54H47N2P3Ru. The van der Waals surface area contributed by atoms with Gasteiger partial charge in [-0.3, -0.25) is 0 Å². The van der Waals surface area contributed by atoms with Crippen LogP contribution in [0.25, 0.3) is 5.53 Å². The zero-order chi connectivity index (χ0) is 40.7. The minimum Gasteiger partial charge on any atom is -0.510 e. The quantitative estimate of drug-likeness (QED) is 0.0855. The second-order valence-electron chi connectivity index (χ2n) is 13.0. The summed E-state index contributed by atoms with van der Waals surface area (Å²) in [6.45, 7) is 0. The summed E-state index contributed by atoms with van der Waals surface area (Å²) in [5.41, 5.74) is 10.0. The maximum absolute atomic E-state index is 6.50. The Hall–Kier alpha value is -5.51. The third kappa shape index (κ3) is 13.2. The molecule has 0 saturated carbocycles. The fourth-order valence-corrected chi connectivity index (χ4v) is 13.5. The van der Waals surface area contributed by atoms with Crippen LogP contribution in [0.2, 0.25) is 0 Å². The van der Waals surface area contributed by atoms with Gasteiger partial charge in [0.2, 0.25) is 0 Å². The Morgan fingerprint density at radius 1 is 0.183 bits per heavy atom. The predicted octanol–water partition coefficient (Wildman–Crippen LogP) is 9.10. The third-order valence-electron chi connectivity index (χ3n) is 9.13. The fourth-order valence-electron chi connectivity index (χ4n) is 6.54. The molecule has 9 aromatic carbocycles. The first-order valence-corrected chi connectivity index (χ1v) is 23.5. The van der Waals surface area contributed by atoms with Crippen LogP contribution in [0.3, 0.4) is 0 Å². The maximum atomic E-state index is 6.50. The van der Waals surface area contributed by atoms with Crippen molar-refractivity contribution in [1.82, 2.24) is 0 Å². The van der Waals surface area contributed by atoms with E-state index >= 15 is 0 Å². The van der Waals surface area contributed by atoms with Crippen molar-refractivity contribution < 1.29 is 25.0 Å². The summed E-state index contributed by atoms with van der Waals surface area (Å²) in [5.74, 6) is 0. The SMILES string of the molecule is [N-]=[NH2+].[Ru].c1ccc(P(c2ccccc2)c2ccccc2)cc1.c1ccc(P(c2ccccc2)c2ccccc2)cc1.c1ccc(P(c2ccccc2)c2ccccc2)cc1. The van der Waals surface area contributed by atoms with Gasteiger partial charge in [0.25, 0.3) is 0 Å². The van der Waals surface area contributed by atoms with Crippen LogP contribution in [0, 0.1) is 0 Å². The van der Waals surface area contributed by atoms with Crippen LogP contribution in [0.4, 0.5) is 0 Å². The van der Waals surface area contributed by atoms with Gasteiger partial charge in [0.1, 0.15) is 0 Å². The summed E-state index contributed by atoms with van der Waals surface area (Å²) in [6.07, 6.45) is 0. The summed E-state index contributed by atoms with van der Waals surface area (Å²) in [5, 5.41) is 12.6. The molecule has 0 aromatic heterocycles. The molecule has 0 spiro atoms. The molecule has 0 atom stereocenters. The van der Waals surface area contributed by atoms with E-state index in [9.17, 15) is 0 Å². The zero-order valence-corrected chi connectivity index (χ0v) is 37.6. The van der Waals surface area contributed by atoms with E-state index in [2.05, 4.69) is 279 Å². The molecule has 9 rings (SSSR count). The third-order valence-corrected chi connectivity index (χ3v) is 16.5. The van der Waals surface area contributed by atoms with Gasteiger partial charge in [-0.2, -0.15) is 0 Å². The molecule has 0 bridgehead atoms. The maximum Gasteiger partial charge on any atom is 0 e. The minimum atomic E-state index is -0.446. The van der Waals surface area contributed by atoms with Gasteiger partial charge in [0.05, 0.1) is 0 Å². The van der Waals surface area contributed by atoms with Crippen LogP contribution < -0.4 is 53.3 Å². The average molecular weight is 918 g/mol. The van der Waals surface area contributed by atoms with Gasteiger partial charge < -0.3 is 11.1 Å². The monoisotopic (exact) mass is 918 g/mol. The molecule has 0 fully saturated rings. The van der Waals surface area contributed by atoms with Crippen molar-refractivity contribution in [2.45, 2.75) is 0 Å². The van der Waals surface area contributed by atoms with Gasteiger partial charge in [-0.25, -0.2) is 0 Å². The molecule has 0 aliphatic rings. The van der Waals surface area contributed by atoms with Gasteiger partial charge >= 0.3 is 0 Å². The van der Waals surface area contributed by atoms with Crippen LogP contribution in [0.5, 0.6) is 0 Å². The Bertz CT molecular complexity index is 1890. The molecule has 0 amide bonds. The molecule has 2 nitrogen and oxygen atoms in total. The summed E-state index contributed by atoms with van der Waals surface area (Å²) >= 11 is 0.